The highest BCUT2D eigenvalue weighted by Gasteiger charge is 2.07. The van der Waals surface area contributed by atoms with E-state index < -0.39 is 4.92 Å². The van der Waals surface area contributed by atoms with Gasteiger partial charge in [-0.3, -0.25) is 10.1 Å². The topological polar surface area (TPSA) is 77.3 Å². The van der Waals surface area contributed by atoms with E-state index >= 15 is 0 Å². The van der Waals surface area contributed by atoms with Gasteiger partial charge in [-0.2, -0.15) is 0 Å². The average molecular weight is 259 g/mol. The first kappa shape index (κ1) is 13.0. The summed E-state index contributed by atoms with van der Waals surface area (Å²) in [5, 5.41) is 13.7. The first-order chi connectivity index (χ1) is 9.19. The molecule has 0 fully saturated rings. The van der Waals surface area contributed by atoms with E-state index in [1.807, 2.05) is 13.1 Å². The van der Waals surface area contributed by atoms with Crippen molar-refractivity contribution in [2.75, 3.05) is 7.05 Å². The lowest BCUT2D eigenvalue weighted by Gasteiger charge is -2.05. The largest absolute Gasteiger partial charge is 0.439 e. The fraction of sp³-hybridized carbons (Fsp3) is 0.154. The summed E-state index contributed by atoms with van der Waals surface area (Å²) in [5.41, 5.74) is 1.03. The number of hydrogen-bond donors (Lipinski definition) is 1. The number of aromatic nitrogens is 1. The molecule has 2 aromatic rings. The molecule has 0 aliphatic rings. The van der Waals surface area contributed by atoms with Crippen LogP contribution in [-0.4, -0.2) is 17.0 Å². The molecule has 0 atom stereocenters. The number of nitro benzene ring substituents is 1. The highest BCUT2D eigenvalue weighted by atomic mass is 16.6. The highest BCUT2D eigenvalue weighted by molar-refractivity contribution is 5.39. The molecule has 0 amide bonds. The zero-order chi connectivity index (χ0) is 13.7. The Hall–Kier alpha value is -2.47. The van der Waals surface area contributed by atoms with Crippen LogP contribution in [0.25, 0.3) is 0 Å². The second kappa shape index (κ2) is 5.92. The van der Waals surface area contributed by atoms with Crippen molar-refractivity contribution < 1.29 is 9.66 Å². The monoisotopic (exact) mass is 259 g/mol. The zero-order valence-electron chi connectivity index (χ0n) is 10.4. The lowest BCUT2D eigenvalue weighted by Crippen LogP contribution is -2.05. The summed E-state index contributed by atoms with van der Waals surface area (Å²) in [7, 11) is 1.85. The molecule has 98 valence electrons. The lowest BCUT2D eigenvalue weighted by molar-refractivity contribution is -0.384. The summed E-state index contributed by atoms with van der Waals surface area (Å²) in [6.45, 7) is 0.726. The molecule has 0 saturated carbocycles. The summed E-state index contributed by atoms with van der Waals surface area (Å²) in [6.07, 6.45) is 1.70. The molecule has 1 aromatic heterocycles. The van der Waals surface area contributed by atoms with E-state index in [9.17, 15) is 10.1 Å². The molecule has 1 N–H and O–H groups in total. The Bertz CT molecular complexity index is 570. The maximum absolute atomic E-state index is 10.6. The number of nitro groups is 1. The highest BCUT2D eigenvalue weighted by Crippen LogP contribution is 2.23. The standard InChI is InChI=1S/C13H13N3O3/c1-14-8-10-5-6-13(15-9-10)19-12-4-2-3-11(7-12)16(17)18/h2-7,9,14H,8H2,1H3. The third-order valence-electron chi connectivity index (χ3n) is 2.43. The summed E-state index contributed by atoms with van der Waals surface area (Å²) < 4.78 is 5.47. The summed E-state index contributed by atoms with van der Waals surface area (Å²) in [4.78, 5) is 14.3. The molecule has 0 spiro atoms. The third kappa shape index (κ3) is 3.49. The SMILES string of the molecule is CNCc1ccc(Oc2cccc([N+](=O)[O-])c2)nc1. The van der Waals surface area contributed by atoms with Gasteiger partial charge < -0.3 is 10.1 Å². The normalized spacial score (nSPS) is 10.2. The van der Waals surface area contributed by atoms with Crippen molar-refractivity contribution in [3.05, 3.63) is 58.3 Å². The minimum Gasteiger partial charge on any atom is -0.439 e. The van der Waals surface area contributed by atoms with Crippen molar-refractivity contribution in [3.8, 4) is 11.6 Å². The fourth-order valence-corrected chi connectivity index (χ4v) is 1.56. The number of rotatable bonds is 5. The molecule has 0 unspecified atom stereocenters. The van der Waals surface area contributed by atoms with Gasteiger partial charge in [-0.1, -0.05) is 12.1 Å². The van der Waals surface area contributed by atoms with Crippen LogP contribution < -0.4 is 10.1 Å². The van der Waals surface area contributed by atoms with Crippen LogP contribution in [0, 0.1) is 10.1 Å². The van der Waals surface area contributed by atoms with Crippen LogP contribution in [0.2, 0.25) is 0 Å². The Balaban J connectivity index is 2.12. The Labute approximate surface area is 110 Å². The number of hydrogen-bond acceptors (Lipinski definition) is 5. The minimum atomic E-state index is -0.462. The van der Waals surface area contributed by atoms with E-state index in [0.29, 0.717) is 11.6 Å². The van der Waals surface area contributed by atoms with Crippen LogP contribution in [0.1, 0.15) is 5.56 Å². The van der Waals surface area contributed by atoms with Gasteiger partial charge >= 0.3 is 0 Å². The van der Waals surface area contributed by atoms with E-state index in [1.165, 1.54) is 12.1 Å². The minimum absolute atomic E-state index is 0.00990. The van der Waals surface area contributed by atoms with Gasteiger partial charge in [0.1, 0.15) is 5.75 Å². The molecule has 0 saturated heterocycles. The second-order valence-electron chi connectivity index (χ2n) is 3.89. The smallest absolute Gasteiger partial charge is 0.273 e. The van der Waals surface area contributed by atoms with E-state index in [0.717, 1.165) is 12.1 Å². The zero-order valence-corrected chi connectivity index (χ0v) is 10.4. The number of non-ortho nitro benzene ring substituents is 1. The fourth-order valence-electron chi connectivity index (χ4n) is 1.56. The Morgan fingerprint density at radius 3 is 2.84 bits per heavy atom. The van der Waals surface area contributed by atoms with Crippen LogP contribution in [0.5, 0.6) is 11.6 Å². The van der Waals surface area contributed by atoms with Gasteiger partial charge in [0.25, 0.3) is 5.69 Å². The van der Waals surface area contributed by atoms with Crippen LogP contribution in [-0.2, 0) is 6.54 Å². The molecule has 6 heteroatoms. The van der Waals surface area contributed by atoms with Crippen molar-refractivity contribution in [3.63, 3.8) is 0 Å². The van der Waals surface area contributed by atoms with Crippen molar-refractivity contribution in [2.24, 2.45) is 0 Å². The Morgan fingerprint density at radius 1 is 1.37 bits per heavy atom. The molecule has 19 heavy (non-hydrogen) atoms. The summed E-state index contributed by atoms with van der Waals surface area (Å²) in [5.74, 6) is 0.795. The van der Waals surface area contributed by atoms with E-state index in [-0.39, 0.29) is 5.69 Å². The predicted molar refractivity (Wildman–Crippen MR) is 70.2 cm³/mol. The molecule has 0 bridgehead atoms. The van der Waals surface area contributed by atoms with Gasteiger partial charge in [-0.05, 0) is 18.7 Å². The van der Waals surface area contributed by atoms with Gasteiger partial charge in [0.15, 0.2) is 0 Å². The molecular weight excluding hydrogens is 246 g/mol. The second-order valence-corrected chi connectivity index (χ2v) is 3.89. The molecule has 6 nitrogen and oxygen atoms in total. The number of ether oxygens (including phenoxy) is 1. The summed E-state index contributed by atoms with van der Waals surface area (Å²) in [6, 6.07) is 9.61. The Kier molecular flexibility index (Phi) is 4.04. The van der Waals surface area contributed by atoms with Gasteiger partial charge in [0.2, 0.25) is 5.88 Å². The first-order valence-electron chi connectivity index (χ1n) is 5.71. The predicted octanol–water partition coefficient (Wildman–Crippen LogP) is 2.50. The van der Waals surface area contributed by atoms with Crippen molar-refractivity contribution >= 4 is 5.69 Å². The van der Waals surface area contributed by atoms with Gasteiger partial charge in [0, 0.05) is 24.9 Å². The van der Waals surface area contributed by atoms with E-state index in [2.05, 4.69) is 10.3 Å². The van der Waals surface area contributed by atoms with Crippen LogP contribution >= 0.6 is 0 Å². The lowest BCUT2D eigenvalue weighted by atomic mass is 10.3. The number of benzene rings is 1. The maximum Gasteiger partial charge on any atom is 0.273 e. The van der Waals surface area contributed by atoms with Gasteiger partial charge in [-0.25, -0.2) is 4.98 Å². The number of nitrogens with one attached hydrogen (secondary N) is 1. The molecule has 2 rings (SSSR count). The van der Waals surface area contributed by atoms with Gasteiger partial charge in [0.05, 0.1) is 11.0 Å². The molecular formula is C13H13N3O3. The van der Waals surface area contributed by atoms with E-state index in [4.69, 9.17) is 4.74 Å². The number of nitrogens with zero attached hydrogens (tertiary/aromatic N) is 2. The van der Waals surface area contributed by atoms with Crippen LogP contribution in [0.4, 0.5) is 5.69 Å². The van der Waals surface area contributed by atoms with Crippen molar-refractivity contribution in [1.82, 2.24) is 10.3 Å². The third-order valence-corrected chi connectivity index (χ3v) is 2.43. The van der Waals surface area contributed by atoms with Crippen LogP contribution in [0.3, 0.4) is 0 Å². The van der Waals surface area contributed by atoms with Gasteiger partial charge in [-0.15, -0.1) is 0 Å². The molecule has 1 aromatic carbocycles. The maximum atomic E-state index is 10.6. The first-order valence-corrected chi connectivity index (χ1v) is 5.71. The van der Waals surface area contributed by atoms with Crippen molar-refractivity contribution in [1.29, 1.82) is 0 Å². The molecule has 1 heterocycles. The molecule has 0 radical (unpaired) electrons. The molecule has 0 aliphatic carbocycles. The quantitative estimate of drug-likeness (QED) is 0.659. The molecule has 0 aliphatic heterocycles. The number of pyridine rings is 1. The van der Waals surface area contributed by atoms with Crippen molar-refractivity contribution in [2.45, 2.75) is 6.54 Å². The van der Waals surface area contributed by atoms with Crippen LogP contribution in [0.15, 0.2) is 42.6 Å². The average Bonchev–Trinajstić information content (AvgIpc) is 2.42. The summed E-state index contributed by atoms with van der Waals surface area (Å²) >= 11 is 0. The Morgan fingerprint density at radius 2 is 2.21 bits per heavy atom. The van der Waals surface area contributed by atoms with E-state index in [1.54, 1.807) is 24.4 Å².